The molecular weight excluding hydrogens is 348 g/mol. The number of carbonyl (C=O) groups excluding carboxylic acids is 1. The van der Waals surface area contributed by atoms with E-state index >= 15 is 0 Å². The van der Waals surface area contributed by atoms with Crippen LogP contribution in [0, 0.1) is 0 Å². The molecule has 1 heterocycles. The van der Waals surface area contributed by atoms with Gasteiger partial charge in [-0.2, -0.15) is 0 Å². The lowest BCUT2D eigenvalue weighted by Gasteiger charge is -2.31. The van der Waals surface area contributed by atoms with E-state index in [4.69, 9.17) is 5.73 Å². The van der Waals surface area contributed by atoms with Crippen molar-refractivity contribution in [2.45, 2.75) is 45.1 Å². The van der Waals surface area contributed by atoms with Crippen LogP contribution in [0.3, 0.4) is 0 Å². The van der Waals surface area contributed by atoms with E-state index in [1.54, 1.807) is 11.3 Å². The Morgan fingerprint density at radius 2 is 2.11 bits per heavy atom. The molecule has 0 saturated carbocycles. The van der Waals surface area contributed by atoms with Gasteiger partial charge in [-0.3, -0.25) is 4.79 Å². The van der Waals surface area contributed by atoms with Crippen molar-refractivity contribution in [3.8, 4) is 0 Å². The van der Waals surface area contributed by atoms with Crippen LogP contribution in [0.15, 0.2) is 15.9 Å². The Morgan fingerprint density at radius 3 is 2.53 bits per heavy atom. The minimum Gasteiger partial charge on any atom is -0.349 e. The maximum Gasteiger partial charge on any atom is 0.220 e. The van der Waals surface area contributed by atoms with Gasteiger partial charge >= 0.3 is 0 Å². The first-order chi connectivity index (χ1) is 8.55. The molecule has 0 atom stereocenters. The number of halogens is 2. The number of aryl methyl sites for hydroxylation is 1. The van der Waals surface area contributed by atoms with Crippen LogP contribution in [0.4, 0.5) is 0 Å². The van der Waals surface area contributed by atoms with Crippen molar-refractivity contribution >= 4 is 45.6 Å². The molecule has 0 aliphatic heterocycles. The van der Waals surface area contributed by atoms with Crippen LogP contribution in [0.2, 0.25) is 0 Å². The minimum absolute atomic E-state index is 0. The molecule has 0 radical (unpaired) electrons. The summed E-state index contributed by atoms with van der Waals surface area (Å²) in [6.07, 6.45) is 3.05. The van der Waals surface area contributed by atoms with Gasteiger partial charge in [0.05, 0.1) is 5.54 Å². The Morgan fingerprint density at radius 1 is 1.47 bits per heavy atom. The smallest absolute Gasteiger partial charge is 0.220 e. The average Bonchev–Trinajstić information content (AvgIpc) is 2.80. The fourth-order valence-electron chi connectivity index (χ4n) is 1.85. The Balaban J connectivity index is 0.00000324. The van der Waals surface area contributed by atoms with Crippen molar-refractivity contribution in [1.29, 1.82) is 0 Å². The lowest BCUT2D eigenvalue weighted by molar-refractivity contribution is -0.123. The molecule has 1 rings (SSSR count). The zero-order valence-electron chi connectivity index (χ0n) is 11.4. The predicted octanol–water partition coefficient (Wildman–Crippen LogP) is 3.50. The Kier molecular flexibility index (Phi) is 8.90. The van der Waals surface area contributed by atoms with Crippen molar-refractivity contribution in [2.24, 2.45) is 5.73 Å². The SMILES string of the molecule is CCC(CC)(CN)NC(=O)CCc1cc(Br)cs1.Cl. The molecule has 1 amide bonds. The largest absolute Gasteiger partial charge is 0.349 e. The molecule has 0 aliphatic rings. The molecule has 3 N–H and O–H groups in total. The number of nitrogens with two attached hydrogens (primary N) is 1. The van der Waals surface area contributed by atoms with Crippen LogP contribution in [-0.2, 0) is 11.2 Å². The molecule has 0 bridgehead atoms. The summed E-state index contributed by atoms with van der Waals surface area (Å²) >= 11 is 5.09. The van der Waals surface area contributed by atoms with Gasteiger partial charge in [0.1, 0.15) is 0 Å². The van der Waals surface area contributed by atoms with E-state index in [2.05, 4.69) is 41.2 Å². The number of hydrogen-bond acceptors (Lipinski definition) is 3. The highest BCUT2D eigenvalue weighted by atomic mass is 79.9. The van der Waals surface area contributed by atoms with E-state index in [9.17, 15) is 4.79 Å². The number of hydrogen-bond donors (Lipinski definition) is 2. The predicted molar refractivity (Wildman–Crippen MR) is 88.1 cm³/mol. The van der Waals surface area contributed by atoms with E-state index in [0.717, 1.165) is 23.7 Å². The van der Waals surface area contributed by atoms with Crippen LogP contribution in [0.5, 0.6) is 0 Å². The molecule has 6 heteroatoms. The lowest BCUT2D eigenvalue weighted by atomic mass is 9.92. The van der Waals surface area contributed by atoms with Crippen molar-refractivity contribution in [2.75, 3.05) is 6.54 Å². The molecule has 0 spiro atoms. The molecule has 0 fully saturated rings. The number of amides is 1. The summed E-state index contributed by atoms with van der Waals surface area (Å²) in [5.41, 5.74) is 5.54. The number of nitrogens with one attached hydrogen (secondary N) is 1. The summed E-state index contributed by atoms with van der Waals surface area (Å²) in [7, 11) is 0. The summed E-state index contributed by atoms with van der Waals surface area (Å²) in [5.74, 6) is 0.0914. The van der Waals surface area contributed by atoms with Crippen LogP contribution in [0.25, 0.3) is 0 Å². The normalized spacial score (nSPS) is 10.9. The second kappa shape index (κ2) is 8.95. The molecule has 0 aromatic carbocycles. The van der Waals surface area contributed by atoms with Gasteiger partial charge in [-0.25, -0.2) is 0 Å². The maximum atomic E-state index is 11.9. The van der Waals surface area contributed by atoms with Crippen molar-refractivity contribution in [1.82, 2.24) is 5.32 Å². The number of carbonyl (C=O) groups is 1. The summed E-state index contributed by atoms with van der Waals surface area (Å²) in [4.78, 5) is 13.2. The zero-order chi connectivity index (χ0) is 13.6. The van der Waals surface area contributed by atoms with Crippen molar-refractivity contribution < 1.29 is 4.79 Å². The Labute approximate surface area is 133 Å². The average molecular weight is 370 g/mol. The first-order valence-electron chi connectivity index (χ1n) is 6.29. The first-order valence-corrected chi connectivity index (χ1v) is 7.96. The molecule has 0 saturated heterocycles. The van der Waals surface area contributed by atoms with E-state index in [1.807, 2.05) is 5.38 Å². The Bertz CT molecular complexity index is 385. The fraction of sp³-hybridized carbons (Fsp3) is 0.615. The summed E-state index contributed by atoms with van der Waals surface area (Å²) < 4.78 is 1.08. The van der Waals surface area contributed by atoms with Crippen LogP contribution in [-0.4, -0.2) is 18.0 Å². The first kappa shape index (κ1) is 18.9. The third kappa shape index (κ3) is 5.81. The lowest BCUT2D eigenvalue weighted by Crippen LogP contribution is -2.52. The standard InChI is InChI=1S/C13H21BrN2OS.ClH/c1-3-13(4-2,9-15)16-12(17)6-5-11-7-10(14)8-18-11;/h7-8H,3-6,9,15H2,1-2H3,(H,16,17);1H. The molecular formula is C13H22BrClN2OS. The van der Waals surface area contributed by atoms with Gasteiger partial charge in [0, 0.05) is 27.7 Å². The van der Waals surface area contributed by atoms with Gasteiger partial charge in [0.25, 0.3) is 0 Å². The van der Waals surface area contributed by atoms with E-state index < -0.39 is 0 Å². The van der Waals surface area contributed by atoms with Crippen LogP contribution < -0.4 is 11.1 Å². The summed E-state index contributed by atoms with van der Waals surface area (Å²) in [6.45, 7) is 4.62. The molecule has 110 valence electrons. The monoisotopic (exact) mass is 368 g/mol. The van der Waals surface area contributed by atoms with E-state index in [1.165, 1.54) is 4.88 Å². The molecule has 3 nitrogen and oxygen atoms in total. The quantitative estimate of drug-likeness (QED) is 0.773. The molecule has 0 aliphatic carbocycles. The van der Waals surface area contributed by atoms with Gasteiger partial charge in [-0.1, -0.05) is 13.8 Å². The van der Waals surface area contributed by atoms with Crippen molar-refractivity contribution in [3.63, 3.8) is 0 Å². The molecule has 0 unspecified atom stereocenters. The van der Waals surface area contributed by atoms with Crippen LogP contribution >= 0.6 is 39.7 Å². The van der Waals surface area contributed by atoms with Gasteiger partial charge < -0.3 is 11.1 Å². The fourth-order valence-corrected chi connectivity index (χ4v) is 3.30. The second-order valence-corrected chi connectivity index (χ2v) is 6.38. The van der Waals surface area contributed by atoms with Gasteiger partial charge in [0.2, 0.25) is 5.91 Å². The third-order valence-electron chi connectivity index (χ3n) is 3.37. The Hall–Kier alpha value is -0.100. The molecule has 1 aromatic rings. The summed E-state index contributed by atoms with van der Waals surface area (Å²) in [6, 6.07) is 2.06. The highest BCUT2D eigenvalue weighted by Crippen LogP contribution is 2.21. The third-order valence-corrected chi connectivity index (χ3v) is 5.13. The number of thiophene rings is 1. The molecule has 19 heavy (non-hydrogen) atoms. The molecule has 1 aromatic heterocycles. The number of rotatable bonds is 7. The summed E-state index contributed by atoms with van der Waals surface area (Å²) in [5, 5.41) is 5.12. The van der Waals surface area contributed by atoms with Gasteiger partial charge in [-0.15, -0.1) is 23.7 Å². The second-order valence-electron chi connectivity index (χ2n) is 4.47. The topological polar surface area (TPSA) is 55.1 Å². The van der Waals surface area contributed by atoms with Crippen LogP contribution in [0.1, 0.15) is 38.0 Å². The van der Waals surface area contributed by atoms with Gasteiger partial charge in [0.15, 0.2) is 0 Å². The van der Waals surface area contributed by atoms with E-state index in [-0.39, 0.29) is 23.9 Å². The highest BCUT2D eigenvalue weighted by Gasteiger charge is 2.25. The zero-order valence-corrected chi connectivity index (χ0v) is 14.6. The minimum atomic E-state index is -0.229. The highest BCUT2D eigenvalue weighted by molar-refractivity contribution is 9.10. The van der Waals surface area contributed by atoms with E-state index in [0.29, 0.717) is 13.0 Å². The van der Waals surface area contributed by atoms with Gasteiger partial charge in [-0.05, 0) is 41.3 Å². The van der Waals surface area contributed by atoms with Crippen molar-refractivity contribution in [3.05, 3.63) is 20.8 Å². The maximum absolute atomic E-state index is 11.9.